The van der Waals surface area contributed by atoms with Crippen molar-refractivity contribution >= 4 is 5.91 Å². The van der Waals surface area contributed by atoms with E-state index in [0.717, 1.165) is 51.1 Å². The van der Waals surface area contributed by atoms with Gasteiger partial charge >= 0.3 is 0 Å². The predicted octanol–water partition coefficient (Wildman–Crippen LogP) is 1.83. The molecule has 0 radical (unpaired) electrons. The zero-order chi connectivity index (χ0) is 15.7. The van der Waals surface area contributed by atoms with Crippen molar-refractivity contribution in [3.05, 3.63) is 17.5 Å². The van der Waals surface area contributed by atoms with Crippen LogP contribution in [0.3, 0.4) is 0 Å². The normalized spacial score (nSPS) is 26.6. The number of aryl methyl sites for hydroxylation is 2. The zero-order valence-electron chi connectivity index (χ0n) is 14.1. The van der Waals surface area contributed by atoms with E-state index in [1.807, 2.05) is 6.92 Å². The minimum Gasteiger partial charge on any atom is -0.338 e. The number of likely N-dealkylation sites (tertiary alicyclic amines) is 2. The van der Waals surface area contributed by atoms with Crippen LogP contribution in [0, 0.1) is 19.8 Å². The van der Waals surface area contributed by atoms with Crippen LogP contribution < -0.4 is 0 Å². The van der Waals surface area contributed by atoms with Crippen LogP contribution in [0.15, 0.2) is 6.07 Å². The molecular formula is C17H28N4O. The Kier molecular flexibility index (Phi) is 4.52. The number of aromatic nitrogens is 2. The van der Waals surface area contributed by atoms with Gasteiger partial charge in [0.05, 0.1) is 24.2 Å². The van der Waals surface area contributed by atoms with E-state index in [0.29, 0.717) is 11.9 Å². The highest BCUT2D eigenvalue weighted by Gasteiger charge is 2.34. The van der Waals surface area contributed by atoms with Gasteiger partial charge in [0, 0.05) is 18.8 Å². The average Bonchev–Trinajstić information content (AvgIpc) is 3.05. The van der Waals surface area contributed by atoms with E-state index in [9.17, 15) is 4.79 Å². The summed E-state index contributed by atoms with van der Waals surface area (Å²) >= 11 is 0. The lowest BCUT2D eigenvalue weighted by molar-refractivity contribution is -0.139. The van der Waals surface area contributed by atoms with E-state index in [1.54, 1.807) is 0 Å². The maximum Gasteiger partial charge on any atom is 0.227 e. The molecule has 0 aliphatic carbocycles. The third-order valence-electron chi connectivity index (χ3n) is 5.14. The summed E-state index contributed by atoms with van der Waals surface area (Å²) in [7, 11) is 2.11. The minimum absolute atomic E-state index is 0.200. The van der Waals surface area contributed by atoms with Crippen molar-refractivity contribution in [1.29, 1.82) is 0 Å². The summed E-state index contributed by atoms with van der Waals surface area (Å²) in [5, 5.41) is 4.58. The number of carbonyl (C=O) groups is 1. The number of piperidine rings is 1. The number of amides is 1. The van der Waals surface area contributed by atoms with Gasteiger partial charge in [-0.2, -0.15) is 5.10 Å². The Bertz CT molecular complexity index is 539. The van der Waals surface area contributed by atoms with Crippen LogP contribution in [0.5, 0.6) is 0 Å². The first-order chi connectivity index (χ1) is 10.5. The summed E-state index contributed by atoms with van der Waals surface area (Å²) < 4.78 is 2.08. The van der Waals surface area contributed by atoms with Gasteiger partial charge in [-0.3, -0.25) is 9.48 Å². The fraction of sp³-hybridized carbons (Fsp3) is 0.765. The highest BCUT2D eigenvalue weighted by molar-refractivity contribution is 5.79. The van der Waals surface area contributed by atoms with Crippen LogP contribution in [0.1, 0.15) is 37.1 Å². The molecule has 5 nitrogen and oxygen atoms in total. The fourth-order valence-electron chi connectivity index (χ4n) is 3.91. The molecule has 0 unspecified atom stereocenters. The molecule has 3 heterocycles. The lowest BCUT2D eigenvalue weighted by Crippen LogP contribution is -2.48. The van der Waals surface area contributed by atoms with Crippen LogP contribution in [-0.4, -0.2) is 58.2 Å². The molecule has 5 heteroatoms. The maximum absolute atomic E-state index is 12.9. The van der Waals surface area contributed by atoms with Crippen molar-refractivity contribution in [3.63, 3.8) is 0 Å². The topological polar surface area (TPSA) is 41.4 Å². The van der Waals surface area contributed by atoms with Crippen molar-refractivity contribution in [2.75, 3.05) is 26.7 Å². The molecular weight excluding hydrogens is 276 g/mol. The number of hydrogen-bond donors (Lipinski definition) is 0. The van der Waals surface area contributed by atoms with Crippen LogP contribution in [0.4, 0.5) is 0 Å². The summed E-state index contributed by atoms with van der Waals surface area (Å²) in [6, 6.07) is 2.42. The number of carbonyl (C=O) groups excluding carboxylic acids is 1. The monoisotopic (exact) mass is 304 g/mol. The molecule has 0 N–H and O–H groups in total. The van der Waals surface area contributed by atoms with Gasteiger partial charge in [0.25, 0.3) is 0 Å². The molecule has 3 rings (SSSR count). The maximum atomic E-state index is 12.9. The lowest BCUT2D eigenvalue weighted by atomic mass is 9.98. The molecule has 2 fully saturated rings. The van der Waals surface area contributed by atoms with Crippen molar-refractivity contribution < 1.29 is 4.79 Å². The Labute approximate surface area is 133 Å². The Morgan fingerprint density at radius 3 is 2.73 bits per heavy atom. The van der Waals surface area contributed by atoms with E-state index in [2.05, 4.69) is 39.6 Å². The van der Waals surface area contributed by atoms with Gasteiger partial charge < -0.3 is 9.80 Å². The third-order valence-corrected chi connectivity index (χ3v) is 5.14. The van der Waals surface area contributed by atoms with Crippen LogP contribution in [0.2, 0.25) is 0 Å². The first kappa shape index (κ1) is 15.5. The summed E-state index contributed by atoms with van der Waals surface area (Å²) in [6.45, 7) is 7.86. The molecule has 0 spiro atoms. The second kappa shape index (κ2) is 6.41. The summed E-state index contributed by atoms with van der Waals surface area (Å²) in [5.74, 6) is 0.571. The molecule has 1 aromatic heterocycles. The highest BCUT2D eigenvalue weighted by Crippen LogP contribution is 2.24. The average molecular weight is 304 g/mol. The predicted molar refractivity (Wildman–Crippen MR) is 86.7 cm³/mol. The standard InChI is InChI=1S/C17H28N4O/c1-13-10-14(2)21(18-13)12-16-6-4-5-8-20(16)17(22)15-7-9-19(3)11-15/h10,15-16H,4-9,11-12H2,1-3H3/t15-,16-/m1/s1. The van der Waals surface area contributed by atoms with Gasteiger partial charge in [0.1, 0.15) is 0 Å². The molecule has 22 heavy (non-hydrogen) atoms. The Morgan fingerprint density at radius 1 is 1.27 bits per heavy atom. The van der Waals surface area contributed by atoms with Gasteiger partial charge in [-0.15, -0.1) is 0 Å². The van der Waals surface area contributed by atoms with Crippen LogP contribution >= 0.6 is 0 Å². The van der Waals surface area contributed by atoms with Gasteiger partial charge in [0.15, 0.2) is 0 Å². The summed E-state index contributed by atoms with van der Waals surface area (Å²) in [4.78, 5) is 17.3. The molecule has 0 bridgehead atoms. The molecule has 1 amide bonds. The number of nitrogens with zero attached hydrogens (tertiary/aromatic N) is 4. The summed E-state index contributed by atoms with van der Waals surface area (Å²) in [5.41, 5.74) is 2.25. The molecule has 1 aromatic rings. The quantitative estimate of drug-likeness (QED) is 0.855. The summed E-state index contributed by atoms with van der Waals surface area (Å²) in [6.07, 6.45) is 4.48. The smallest absolute Gasteiger partial charge is 0.227 e. The first-order valence-corrected chi connectivity index (χ1v) is 8.54. The van der Waals surface area contributed by atoms with Crippen LogP contribution in [-0.2, 0) is 11.3 Å². The third kappa shape index (κ3) is 3.19. The first-order valence-electron chi connectivity index (χ1n) is 8.54. The lowest BCUT2D eigenvalue weighted by Gasteiger charge is -2.37. The van der Waals surface area contributed by atoms with Crippen molar-refractivity contribution in [1.82, 2.24) is 19.6 Å². The SMILES string of the molecule is Cc1cc(C)n(C[C@H]2CCCCN2C(=O)[C@@H]2CCN(C)C2)n1. The van der Waals surface area contributed by atoms with Gasteiger partial charge in [-0.1, -0.05) is 0 Å². The van der Waals surface area contributed by atoms with Gasteiger partial charge in [-0.05, 0) is 59.2 Å². The van der Waals surface area contributed by atoms with Crippen LogP contribution in [0.25, 0.3) is 0 Å². The highest BCUT2D eigenvalue weighted by atomic mass is 16.2. The van der Waals surface area contributed by atoms with E-state index in [4.69, 9.17) is 0 Å². The Hall–Kier alpha value is -1.36. The molecule has 2 saturated heterocycles. The fourth-order valence-corrected chi connectivity index (χ4v) is 3.91. The Balaban J connectivity index is 1.71. The molecule has 122 valence electrons. The zero-order valence-corrected chi connectivity index (χ0v) is 14.1. The van der Waals surface area contributed by atoms with Gasteiger partial charge in [0.2, 0.25) is 5.91 Å². The Morgan fingerprint density at radius 2 is 2.09 bits per heavy atom. The molecule has 2 atom stereocenters. The van der Waals surface area contributed by atoms with E-state index < -0.39 is 0 Å². The molecule has 0 aromatic carbocycles. The van der Waals surface area contributed by atoms with E-state index >= 15 is 0 Å². The van der Waals surface area contributed by atoms with E-state index in [1.165, 1.54) is 12.1 Å². The number of hydrogen-bond acceptors (Lipinski definition) is 3. The van der Waals surface area contributed by atoms with Crippen molar-refractivity contribution in [3.8, 4) is 0 Å². The largest absolute Gasteiger partial charge is 0.338 e. The van der Waals surface area contributed by atoms with Crippen molar-refractivity contribution in [2.24, 2.45) is 5.92 Å². The van der Waals surface area contributed by atoms with Gasteiger partial charge in [-0.25, -0.2) is 0 Å². The number of rotatable bonds is 3. The second-order valence-electron chi connectivity index (χ2n) is 7.04. The second-order valence-corrected chi connectivity index (χ2v) is 7.04. The molecule has 2 aliphatic heterocycles. The van der Waals surface area contributed by atoms with E-state index in [-0.39, 0.29) is 5.92 Å². The molecule has 2 aliphatic rings. The molecule has 0 saturated carbocycles. The van der Waals surface area contributed by atoms with Crippen molar-refractivity contribution in [2.45, 2.75) is 52.1 Å². The minimum atomic E-state index is 0.200.